The van der Waals surface area contributed by atoms with Crippen LogP contribution in [-0.4, -0.2) is 24.1 Å². The van der Waals surface area contributed by atoms with E-state index in [9.17, 15) is 4.79 Å². The quantitative estimate of drug-likeness (QED) is 0.423. The van der Waals surface area contributed by atoms with E-state index in [-0.39, 0.29) is 12.1 Å². The lowest BCUT2D eigenvalue weighted by molar-refractivity contribution is -0.191. The second-order valence-electron chi connectivity index (χ2n) is 7.56. The zero-order valence-corrected chi connectivity index (χ0v) is 18.7. The number of pyridine rings is 1. The SMILES string of the molecule is Cc1cc2nccc(Oc3ccc(N(C)C(=O)Cc4ccccc4)cc3)c2cc1C.O=C=O. The number of anilines is 1. The van der Waals surface area contributed by atoms with Crippen LogP contribution in [0.25, 0.3) is 10.9 Å². The lowest BCUT2D eigenvalue weighted by Crippen LogP contribution is -2.27. The van der Waals surface area contributed by atoms with E-state index < -0.39 is 0 Å². The minimum absolute atomic E-state index is 0.0424. The molecule has 0 radical (unpaired) electrons. The van der Waals surface area contributed by atoms with Gasteiger partial charge in [0.25, 0.3) is 0 Å². The Morgan fingerprint density at radius 2 is 1.58 bits per heavy atom. The van der Waals surface area contributed by atoms with E-state index in [1.807, 2.05) is 60.7 Å². The second kappa shape index (κ2) is 10.8. The fourth-order valence-electron chi connectivity index (χ4n) is 3.37. The summed E-state index contributed by atoms with van der Waals surface area (Å²) in [4.78, 5) is 35.0. The summed E-state index contributed by atoms with van der Waals surface area (Å²) >= 11 is 0. The van der Waals surface area contributed by atoms with Crippen molar-refractivity contribution >= 4 is 28.6 Å². The first kappa shape index (κ1) is 23.4. The molecule has 0 aliphatic rings. The highest BCUT2D eigenvalue weighted by Crippen LogP contribution is 2.31. The number of rotatable bonds is 5. The van der Waals surface area contributed by atoms with Crippen molar-refractivity contribution in [2.75, 3.05) is 11.9 Å². The highest BCUT2D eigenvalue weighted by Gasteiger charge is 2.12. The van der Waals surface area contributed by atoms with Gasteiger partial charge in [0, 0.05) is 24.3 Å². The van der Waals surface area contributed by atoms with E-state index in [2.05, 4.69) is 31.0 Å². The predicted molar refractivity (Wildman–Crippen MR) is 126 cm³/mol. The van der Waals surface area contributed by atoms with E-state index in [1.165, 1.54) is 11.1 Å². The smallest absolute Gasteiger partial charge is 0.373 e. The van der Waals surface area contributed by atoms with Crippen LogP contribution in [0.1, 0.15) is 16.7 Å². The monoisotopic (exact) mass is 440 g/mol. The van der Waals surface area contributed by atoms with Crippen molar-refractivity contribution < 1.29 is 19.1 Å². The maximum absolute atomic E-state index is 12.6. The van der Waals surface area contributed by atoms with E-state index >= 15 is 0 Å². The standard InChI is InChI=1S/C26H24N2O2.CO2/c1-18-15-23-24(16-19(18)2)27-14-13-25(23)30-22-11-9-21(10-12-22)28(3)26(29)17-20-7-5-4-6-8-20;2-1-3/h4-16H,17H2,1-3H3;. The Bertz CT molecular complexity index is 1280. The van der Waals surface area contributed by atoms with Crippen molar-refractivity contribution in [3.05, 3.63) is 95.7 Å². The molecule has 0 N–H and O–H groups in total. The highest BCUT2D eigenvalue weighted by molar-refractivity contribution is 5.94. The molecule has 1 heterocycles. The van der Waals surface area contributed by atoms with Crippen LogP contribution < -0.4 is 9.64 Å². The molecule has 0 bridgehead atoms. The number of fused-ring (bicyclic) bond motifs is 1. The third-order valence-corrected chi connectivity index (χ3v) is 5.34. The van der Waals surface area contributed by atoms with Crippen molar-refractivity contribution in [2.24, 2.45) is 0 Å². The molecule has 0 fully saturated rings. The van der Waals surface area contributed by atoms with Gasteiger partial charge in [-0.25, -0.2) is 0 Å². The summed E-state index contributed by atoms with van der Waals surface area (Å²) in [6, 6.07) is 23.4. The number of ether oxygens (including phenoxy) is 1. The Labute approximate surface area is 192 Å². The van der Waals surface area contributed by atoms with Crippen molar-refractivity contribution in [2.45, 2.75) is 20.3 Å². The number of nitrogens with zero attached hydrogens (tertiary/aromatic N) is 2. The Morgan fingerprint density at radius 1 is 0.939 bits per heavy atom. The van der Waals surface area contributed by atoms with E-state index in [4.69, 9.17) is 14.3 Å². The number of likely N-dealkylation sites (N-methyl/N-ethyl adjacent to an activating group) is 1. The molecule has 0 atom stereocenters. The summed E-state index contributed by atoms with van der Waals surface area (Å²) in [5, 5.41) is 0.986. The molecule has 0 spiro atoms. The van der Waals surface area contributed by atoms with E-state index in [0.29, 0.717) is 12.2 Å². The van der Waals surface area contributed by atoms with Gasteiger partial charge in [-0.05, 0) is 73.0 Å². The van der Waals surface area contributed by atoms with Gasteiger partial charge in [0.05, 0.1) is 11.9 Å². The minimum Gasteiger partial charge on any atom is -0.457 e. The summed E-state index contributed by atoms with van der Waals surface area (Å²) < 4.78 is 6.13. The van der Waals surface area contributed by atoms with Crippen LogP contribution in [0.4, 0.5) is 5.69 Å². The number of aromatic nitrogens is 1. The molecule has 0 aliphatic heterocycles. The van der Waals surface area contributed by atoms with Crippen LogP contribution in [0.5, 0.6) is 11.5 Å². The van der Waals surface area contributed by atoms with Crippen molar-refractivity contribution in [3.8, 4) is 11.5 Å². The molecular formula is C27H24N2O4. The molecule has 4 rings (SSSR count). The fraction of sp³-hybridized carbons (Fsp3) is 0.148. The molecule has 0 saturated carbocycles. The molecular weight excluding hydrogens is 416 g/mol. The summed E-state index contributed by atoms with van der Waals surface area (Å²) in [7, 11) is 1.79. The minimum atomic E-state index is 0.0424. The Balaban J connectivity index is 0.000000968. The van der Waals surface area contributed by atoms with Crippen LogP contribution in [0, 0.1) is 13.8 Å². The number of aryl methyl sites for hydroxylation is 2. The molecule has 3 aromatic carbocycles. The largest absolute Gasteiger partial charge is 0.457 e. The molecule has 166 valence electrons. The van der Waals surface area contributed by atoms with Crippen LogP contribution in [0.3, 0.4) is 0 Å². The molecule has 33 heavy (non-hydrogen) atoms. The molecule has 6 heteroatoms. The van der Waals surface area contributed by atoms with Gasteiger partial charge < -0.3 is 9.64 Å². The summed E-state index contributed by atoms with van der Waals surface area (Å²) in [6.45, 7) is 4.17. The first-order valence-corrected chi connectivity index (χ1v) is 10.4. The van der Waals surface area contributed by atoms with Gasteiger partial charge in [0.2, 0.25) is 5.91 Å². The Morgan fingerprint density at radius 3 is 2.24 bits per heavy atom. The number of hydrogen-bond donors (Lipinski definition) is 0. The van der Waals surface area contributed by atoms with Gasteiger partial charge in [0.1, 0.15) is 11.5 Å². The lowest BCUT2D eigenvalue weighted by atomic mass is 10.1. The number of hydrogen-bond acceptors (Lipinski definition) is 5. The predicted octanol–water partition coefficient (Wildman–Crippen LogP) is 5.27. The molecule has 1 amide bonds. The van der Waals surface area contributed by atoms with Gasteiger partial charge in [-0.3, -0.25) is 9.78 Å². The average molecular weight is 440 g/mol. The first-order valence-electron chi connectivity index (χ1n) is 10.4. The third kappa shape index (κ3) is 5.91. The number of amides is 1. The van der Waals surface area contributed by atoms with Crippen LogP contribution in [0.2, 0.25) is 0 Å². The molecule has 4 aromatic rings. The zero-order chi connectivity index (χ0) is 23.8. The lowest BCUT2D eigenvalue weighted by Gasteiger charge is -2.18. The maximum atomic E-state index is 12.6. The van der Waals surface area contributed by atoms with Gasteiger partial charge in [0.15, 0.2) is 0 Å². The fourth-order valence-corrected chi connectivity index (χ4v) is 3.37. The normalized spacial score (nSPS) is 10.0. The van der Waals surface area contributed by atoms with Gasteiger partial charge in [-0.1, -0.05) is 30.3 Å². The van der Waals surface area contributed by atoms with Crippen molar-refractivity contribution in [3.63, 3.8) is 0 Å². The zero-order valence-electron chi connectivity index (χ0n) is 18.7. The van der Waals surface area contributed by atoms with Crippen LogP contribution in [-0.2, 0) is 20.8 Å². The topological polar surface area (TPSA) is 76.6 Å². The van der Waals surface area contributed by atoms with Gasteiger partial charge in [-0.15, -0.1) is 0 Å². The number of benzene rings is 3. The molecule has 0 unspecified atom stereocenters. The molecule has 0 saturated heterocycles. The molecule has 1 aromatic heterocycles. The summed E-state index contributed by atoms with van der Waals surface area (Å²) in [5.41, 5.74) is 5.16. The van der Waals surface area contributed by atoms with Crippen LogP contribution >= 0.6 is 0 Å². The molecule has 0 aliphatic carbocycles. The van der Waals surface area contributed by atoms with Crippen LogP contribution in [0.15, 0.2) is 79.0 Å². The summed E-state index contributed by atoms with van der Waals surface area (Å²) in [5.74, 6) is 1.53. The van der Waals surface area contributed by atoms with E-state index in [1.54, 1.807) is 18.1 Å². The highest BCUT2D eigenvalue weighted by atomic mass is 16.5. The number of carbonyl (C=O) groups excluding carboxylic acids is 3. The second-order valence-corrected chi connectivity index (χ2v) is 7.56. The Hall–Kier alpha value is -4.28. The number of carbonyl (C=O) groups is 1. The van der Waals surface area contributed by atoms with Crippen molar-refractivity contribution in [1.82, 2.24) is 4.98 Å². The first-order chi connectivity index (χ1) is 15.9. The summed E-state index contributed by atoms with van der Waals surface area (Å²) in [6.07, 6.45) is 2.38. The molecule has 6 nitrogen and oxygen atoms in total. The van der Waals surface area contributed by atoms with Gasteiger partial charge >= 0.3 is 6.15 Å². The maximum Gasteiger partial charge on any atom is 0.373 e. The van der Waals surface area contributed by atoms with Crippen molar-refractivity contribution in [1.29, 1.82) is 0 Å². The Kier molecular flexibility index (Phi) is 7.68. The third-order valence-electron chi connectivity index (χ3n) is 5.34. The van der Waals surface area contributed by atoms with E-state index in [0.717, 1.165) is 27.9 Å². The average Bonchev–Trinajstić information content (AvgIpc) is 2.81. The van der Waals surface area contributed by atoms with Gasteiger partial charge in [-0.2, -0.15) is 9.59 Å².